The molecule has 2 heterocycles. The molecule has 2 aromatic heterocycles. The van der Waals surface area contributed by atoms with Crippen LogP contribution in [0.15, 0.2) is 79.3 Å². The van der Waals surface area contributed by atoms with Gasteiger partial charge in [0.15, 0.2) is 0 Å². The monoisotopic (exact) mass is 648 g/mol. The second-order valence-corrected chi connectivity index (χ2v) is 12.8. The van der Waals surface area contributed by atoms with Crippen molar-refractivity contribution in [2.75, 3.05) is 0 Å². The first kappa shape index (κ1) is 32.4. The highest BCUT2D eigenvalue weighted by Gasteiger charge is 2.57. The van der Waals surface area contributed by atoms with Crippen LogP contribution in [0.2, 0.25) is 0 Å². The SMILES string of the molecule is CCn1ccc(-c2cc(-c3cnn(C)c3)cc([C@@H](C)NC(=O)c3ccccc3CCC(=O)NNC(=O)/C=C/C(=O)NC34CC(C3)C4)c2)n1. The van der Waals surface area contributed by atoms with Crippen LogP contribution in [0.4, 0.5) is 0 Å². The molecule has 4 amide bonds. The maximum absolute atomic E-state index is 13.6. The number of nitrogens with one attached hydrogen (secondary N) is 4. The summed E-state index contributed by atoms with van der Waals surface area (Å²) in [7, 11) is 1.87. The van der Waals surface area contributed by atoms with Crippen molar-refractivity contribution in [1.29, 1.82) is 0 Å². The van der Waals surface area contributed by atoms with Gasteiger partial charge in [0.25, 0.3) is 11.8 Å². The van der Waals surface area contributed by atoms with E-state index in [9.17, 15) is 19.2 Å². The highest BCUT2D eigenvalue weighted by Crippen LogP contribution is 2.56. The number of carbonyl (C=O) groups is 4. The van der Waals surface area contributed by atoms with Gasteiger partial charge in [0.2, 0.25) is 11.8 Å². The van der Waals surface area contributed by atoms with Crippen molar-refractivity contribution >= 4 is 23.6 Å². The number of amides is 4. The Morgan fingerprint density at radius 3 is 2.42 bits per heavy atom. The third-order valence-corrected chi connectivity index (χ3v) is 9.12. The highest BCUT2D eigenvalue weighted by atomic mass is 16.2. The average Bonchev–Trinajstić information content (AvgIpc) is 3.72. The van der Waals surface area contributed by atoms with Crippen LogP contribution in [0.5, 0.6) is 0 Å². The number of rotatable bonds is 12. The fourth-order valence-corrected chi connectivity index (χ4v) is 6.37. The first-order valence-corrected chi connectivity index (χ1v) is 16.3. The largest absolute Gasteiger partial charge is 0.347 e. The Kier molecular flexibility index (Phi) is 9.24. The number of aromatic nitrogens is 4. The molecule has 7 rings (SSSR count). The molecule has 2 aromatic carbocycles. The number of benzene rings is 2. The van der Waals surface area contributed by atoms with Crippen molar-refractivity contribution in [3.63, 3.8) is 0 Å². The number of aryl methyl sites for hydroxylation is 3. The summed E-state index contributed by atoms with van der Waals surface area (Å²) in [4.78, 5) is 50.3. The Hall–Kier alpha value is -5.52. The molecule has 0 saturated heterocycles. The molecule has 0 radical (unpaired) electrons. The second kappa shape index (κ2) is 13.7. The molecule has 3 aliphatic rings. The van der Waals surface area contributed by atoms with Gasteiger partial charge < -0.3 is 10.6 Å². The average molecular weight is 649 g/mol. The molecule has 12 nitrogen and oxygen atoms in total. The molecule has 4 aromatic rings. The van der Waals surface area contributed by atoms with Gasteiger partial charge in [-0.25, -0.2) is 0 Å². The van der Waals surface area contributed by atoms with Crippen molar-refractivity contribution in [1.82, 2.24) is 41.0 Å². The zero-order chi connectivity index (χ0) is 33.8. The Morgan fingerprint density at radius 1 is 0.979 bits per heavy atom. The predicted octanol–water partition coefficient (Wildman–Crippen LogP) is 3.77. The molecule has 1 atom stereocenters. The third kappa shape index (κ3) is 7.38. The van der Waals surface area contributed by atoms with Gasteiger partial charge >= 0.3 is 0 Å². The molecule has 0 aliphatic heterocycles. The van der Waals surface area contributed by atoms with E-state index in [1.807, 2.05) is 74.5 Å². The van der Waals surface area contributed by atoms with E-state index >= 15 is 0 Å². The Labute approximate surface area is 279 Å². The topological polar surface area (TPSA) is 152 Å². The number of hydrogen-bond donors (Lipinski definition) is 4. The number of nitrogens with zero attached hydrogens (tertiary/aromatic N) is 4. The minimum atomic E-state index is -0.612. The molecule has 3 saturated carbocycles. The molecular weight excluding hydrogens is 608 g/mol. The molecule has 3 fully saturated rings. The van der Waals surface area contributed by atoms with E-state index in [0.29, 0.717) is 11.1 Å². The summed E-state index contributed by atoms with van der Waals surface area (Å²) < 4.78 is 3.62. The third-order valence-electron chi connectivity index (χ3n) is 9.12. The van der Waals surface area contributed by atoms with E-state index in [0.717, 1.165) is 65.7 Å². The van der Waals surface area contributed by atoms with Crippen LogP contribution in [-0.2, 0) is 34.4 Å². The lowest BCUT2D eigenvalue weighted by molar-refractivity contribution is -0.128. The van der Waals surface area contributed by atoms with E-state index < -0.39 is 11.8 Å². The van der Waals surface area contributed by atoms with Gasteiger partial charge in [-0.3, -0.25) is 39.4 Å². The van der Waals surface area contributed by atoms with E-state index in [1.165, 1.54) is 6.08 Å². The molecule has 48 heavy (non-hydrogen) atoms. The maximum Gasteiger partial charge on any atom is 0.262 e. The van der Waals surface area contributed by atoms with Crippen molar-refractivity contribution in [3.05, 3.63) is 96.0 Å². The van der Waals surface area contributed by atoms with E-state index in [-0.39, 0.29) is 36.2 Å². The molecule has 2 bridgehead atoms. The maximum atomic E-state index is 13.6. The zero-order valence-corrected chi connectivity index (χ0v) is 27.3. The van der Waals surface area contributed by atoms with Crippen molar-refractivity contribution in [2.45, 2.75) is 64.1 Å². The van der Waals surface area contributed by atoms with Crippen LogP contribution in [0.1, 0.15) is 67.1 Å². The van der Waals surface area contributed by atoms with E-state index in [2.05, 4.69) is 37.7 Å². The van der Waals surface area contributed by atoms with Gasteiger partial charge in [-0.1, -0.05) is 18.2 Å². The standard InChI is InChI=1S/C36H40N8O4/c1-4-44-14-13-31(42-44)28-16-26(15-27(17-28)29-21-37-43(3)22-29)23(2)38-35(48)30-8-6-5-7-25(30)9-10-33(46)40-41-34(47)12-11-32(45)39-36-18-24(19-36)20-36/h5-8,11-17,21-24H,4,9-10,18-20H2,1-3H3,(H,38,48)(H,39,45)(H,40,46)(H,41,47)/b12-11+/t23-,24?,36?/m1/s1. The number of hydrazine groups is 1. The van der Waals surface area contributed by atoms with Gasteiger partial charge in [0.05, 0.1) is 17.9 Å². The molecule has 12 heteroatoms. The van der Waals surface area contributed by atoms with Crippen LogP contribution in [0.25, 0.3) is 22.4 Å². The molecule has 0 unspecified atom stereocenters. The quantitative estimate of drug-likeness (QED) is 0.136. The van der Waals surface area contributed by atoms with E-state index in [1.54, 1.807) is 16.8 Å². The molecule has 0 spiro atoms. The first-order valence-electron chi connectivity index (χ1n) is 16.3. The highest BCUT2D eigenvalue weighted by molar-refractivity contribution is 5.98. The van der Waals surface area contributed by atoms with Gasteiger partial charge in [-0.2, -0.15) is 10.2 Å². The van der Waals surface area contributed by atoms with E-state index in [4.69, 9.17) is 0 Å². The fourth-order valence-electron chi connectivity index (χ4n) is 6.37. The Balaban J connectivity index is 1.06. The van der Waals surface area contributed by atoms with Gasteiger partial charge in [-0.15, -0.1) is 0 Å². The molecule has 248 valence electrons. The lowest BCUT2D eigenvalue weighted by Crippen LogP contribution is -2.67. The molecule has 4 N–H and O–H groups in total. The van der Waals surface area contributed by atoms with Gasteiger partial charge in [0.1, 0.15) is 0 Å². The van der Waals surface area contributed by atoms with Crippen LogP contribution < -0.4 is 21.5 Å². The molecule has 3 aliphatic carbocycles. The smallest absolute Gasteiger partial charge is 0.262 e. The van der Waals surface area contributed by atoms with Crippen molar-refractivity contribution in [3.8, 4) is 22.4 Å². The number of hydrogen-bond acceptors (Lipinski definition) is 6. The summed E-state index contributed by atoms with van der Waals surface area (Å²) in [6.45, 7) is 4.73. The summed E-state index contributed by atoms with van der Waals surface area (Å²) in [6.07, 6.45) is 11.3. The normalized spacial score (nSPS) is 18.4. The summed E-state index contributed by atoms with van der Waals surface area (Å²) >= 11 is 0. The van der Waals surface area contributed by atoms with Crippen molar-refractivity contribution in [2.24, 2.45) is 13.0 Å². The van der Waals surface area contributed by atoms with Gasteiger partial charge in [0, 0.05) is 66.8 Å². The Morgan fingerprint density at radius 2 is 1.73 bits per heavy atom. The second-order valence-electron chi connectivity index (χ2n) is 12.8. The van der Waals surface area contributed by atoms with Crippen molar-refractivity contribution < 1.29 is 19.2 Å². The fraction of sp³-hybridized carbons (Fsp3) is 0.333. The summed E-state index contributed by atoms with van der Waals surface area (Å²) in [5, 5.41) is 15.1. The van der Waals surface area contributed by atoms with Gasteiger partial charge in [-0.05, 0) is 92.5 Å². The van der Waals surface area contributed by atoms with Crippen LogP contribution in [-0.4, -0.2) is 48.7 Å². The number of carbonyl (C=O) groups excluding carboxylic acids is 4. The zero-order valence-electron chi connectivity index (χ0n) is 27.3. The van der Waals surface area contributed by atoms with Crippen LogP contribution in [0, 0.1) is 5.92 Å². The minimum absolute atomic E-state index is 0.0366. The van der Waals surface area contributed by atoms with Crippen LogP contribution in [0.3, 0.4) is 0 Å². The Bertz CT molecular complexity index is 1870. The summed E-state index contributed by atoms with van der Waals surface area (Å²) in [5.41, 5.74) is 10.3. The van der Waals surface area contributed by atoms with Crippen LogP contribution >= 0.6 is 0 Å². The summed E-state index contributed by atoms with van der Waals surface area (Å²) in [5.74, 6) is -0.889. The lowest BCUT2D eigenvalue weighted by atomic mass is 9.50. The minimum Gasteiger partial charge on any atom is -0.347 e. The summed E-state index contributed by atoms with van der Waals surface area (Å²) in [6, 6.07) is 14.9. The lowest BCUT2D eigenvalue weighted by Gasteiger charge is -2.61. The predicted molar refractivity (Wildman–Crippen MR) is 180 cm³/mol. The first-order chi connectivity index (χ1) is 23.1. The molecular formula is C36H40N8O4.